The highest BCUT2D eigenvalue weighted by atomic mass is 35.5. The molecule has 0 aromatic rings. The van der Waals surface area contributed by atoms with Gasteiger partial charge in [-0.15, -0.1) is 0 Å². The molecule has 48 valence electrons. The fraction of sp³-hybridized carbons (Fsp3) is 1.00. The Morgan fingerprint density at radius 2 is 2.25 bits per heavy atom. The molecule has 1 fully saturated rings. The van der Waals surface area contributed by atoms with Crippen LogP contribution in [0.25, 0.3) is 0 Å². The molecule has 1 aliphatic carbocycles. The summed E-state index contributed by atoms with van der Waals surface area (Å²) in [6.45, 7) is 4.47. The van der Waals surface area contributed by atoms with E-state index in [1.807, 2.05) is 0 Å². The lowest BCUT2D eigenvalue weighted by Crippen LogP contribution is -2.46. The topological polar surface area (TPSA) is 12.0 Å². The quantitative estimate of drug-likeness (QED) is 0.539. The molecule has 0 heterocycles. The molecule has 8 heavy (non-hydrogen) atoms. The molecule has 1 nitrogen and oxygen atoms in total. The van der Waals surface area contributed by atoms with Crippen LogP contribution in [0.2, 0.25) is 0 Å². The second-order valence-electron chi connectivity index (χ2n) is 3.19. The van der Waals surface area contributed by atoms with Gasteiger partial charge in [-0.2, -0.15) is 0 Å². The highest BCUT2D eigenvalue weighted by Gasteiger charge is 2.37. The van der Waals surface area contributed by atoms with Gasteiger partial charge >= 0.3 is 0 Å². The molecule has 0 bridgehead atoms. The predicted molar refractivity (Wildman–Crippen MR) is 35.8 cm³/mol. The van der Waals surface area contributed by atoms with Crippen molar-refractivity contribution in [3.8, 4) is 0 Å². The van der Waals surface area contributed by atoms with E-state index in [4.69, 9.17) is 11.8 Å². The number of nitrogens with one attached hydrogen (secondary N) is 1. The van der Waals surface area contributed by atoms with Crippen molar-refractivity contribution in [3.63, 3.8) is 0 Å². The zero-order valence-corrected chi connectivity index (χ0v) is 6.13. The summed E-state index contributed by atoms with van der Waals surface area (Å²) in [5, 5.41) is 0. The normalized spacial score (nSPS) is 34.1. The largest absolute Gasteiger partial charge is 0.230 e. The summed E-state index contributed by atoms with van der Waals surface area (Å²) in [4.78, 5) is 2.76. The molecule has 0 amide bonds. The monoisotopic (exact) mass is 133 g/mol. The molecule has 0 spiro atoms. The Bertz CT molecular complexity index is 88.5. The minimum absolute atomic E-state index is 0.446. The van der Waals surface area contributed by atoms with Gasteiger partial charge in [0.25, 0.3) is 0 Å². The summed E-state index contributed by atoms with van der Waals surface area (Å²) in [5.74, 6) is 0. The highest BCUT2D eigenvalue weighted by Crippen LogP contribution is 2.39. The molecule has 2 heteroatoms. The smallest absolute Gasteiger partial charge is 0.0272 e. The first kappa shape index (κ1) is 6.37. The van der Waals surface area contributed by atoms with Crippen LogP contribution in [0.4, 0.5) is 0 Å². The standard InChI is InChI=1S/C6H12ClN/c1-6(2)4-3-5(6)8-7/h5,8H,3-4H2,1-2H3. The van der Waals surface area contributed by atoms with Crippen molar-refractivity contribution in [1.82, 2.24) is 4.84 Å². The van der Waals surface area contributed by atoms with Gasteiger partial charge in [0.1, 0.15) is 0 Å². The van der Waals surface area contributed by atoms with Gasteiger partial charge in [-0.25, -0.2) is 4.84 Å². The summed E-state index contributed by atoms with van der Waals surface area (Å²) >= 11 is 5.44. The Morgan fingerprint density at radius 1 is 1.62 bits per heavy atom. The van der Waals surface area contributed by atoms with Gasteiger partial charge in [-0.1, -0.05) is 13.8 Å². The van der Waals surface area contributed by atoms with E-state index in [1.54, 1.807) is 0 Å². The summed E-state index contributed by atoms with van der Waals surface area (Å²) < 4.78 is 0. The van der Waals surface area contributed by atoms with Crippen LogP contribution in [-0.4, -0.2) is 6.04 Å². The predicted octanol–water partition coefficient (Wildman–Crippen LogP) is 1.92. The van der Waals surface area contributed by atoms with Crippen LogP contribution in [0.1, 0.15) is 26.7 Å². The maximum Gasteiger partial charge on any atom is 0.0272 e. The zero-order chi connectivity index (χ0) is 6.20. The van der Waals surface area contributed by atoms with Gasteiger partial charge in [-0.05, 0) is 30.0 Å². The Labute approximate surface area is 55.5 Å². The third-order valence-corrected chi connectivity index (χ3v) is 2.42. The van der Waals surface area contributed by atoms with Gasteiger partial charge in [0.15, 0.2) is 0 Å². The van der Waals surface area contributed by atoms with Gasteiger partial charge in [0.05, 0.1) is 0 Å². The van der Waals surface area contributed by atoms with Crippen LogP contribution >= 0.6 is 11.8 Å². The lowest BCUT2D eigenvalue weighted by Gasteiger charge is -2.43. The van der Waals surface area contributed by atoms with Crippen molar-refractivity contribution in [1.29, 1.82) is 0 Å². The first-order chi connectivity index (χ1) is 3.67. The third kappa shape index (κ3) is 0.848. The molecule has 0 radical (unpaired) electrons. The molecule has 1 aliphatic rings. The molecule has 0 aromatic carbocycles. The fourth-order valence-electron chi connectivity index (χ4n) is 1.07. The number of rotatable bonds is 1. The number of hydrogen-bond acceptors (Lipinski definition) is 1. The minimum Gasteiger partial charge on any atom is -0.230 e. The zero-order valence-electron chi connectivity index (χ0n) is 5.37. The van der Waals surface area contributed by atoms with Gasteiger partial charge in [-0.3, -0.25) is 0 Å². The molecule has 1 N–H and O–H groups in total. The van der Waals surface area contributed by atoms with Crippen LogP contribution in [0.15, 0.2) is 0 Å². The molecule has 1 unspecified atom stereocenters. The number of hydrogen-bond donors (Lipinski definition) is 1. The first-order valence-corrected chi connectivity index (χ1v) is 3.41. The summed E-state index contributed by atoms with van der Waals surface area (Å²) in [7, 11) is 0. The van der Waals surface area contributed by atoms with Crippen molar-refractivity contribution in [3.05, 3.63) is 0 Å². The molecule has 0 saturated heterocycles. The van der Waals surface area contributed by atoms with E-state index in [2.05, 4.69) is 18.7 Å². The molecule has 1 atom stereocenters. The summed E-state index contributed by atoms with van der Waals surface area (Å²) in [5.41, 5.74) is 0.446. The molecule has 0 aliphatic heterocycles. The van der Waals surface area contributed by atoms with Gasteiger partial charge < -0.3 is 0 Å². The van der Waals surface area contributed by atoms with Gasteiger partial charge in [0.2, 0.25) is 0 Å². The van der Waals surface area contributed by atoms with Crippen LogP contribution in [0.5, 0.6) is 0 Å². The second-order valence-corrected chi connectivity index (χ2v) is 3.41. The third-order valence-electron chi connectivity index (χ3n) is 2.15. The molecule has 0 aromatic heterocycles. The lowest BCUT2D eigenvalue weighted by atomic mass is 9.68. The average molecular weight is 134 g/mol. The Balaban J connectivity index is 2.37. The van der Waals surface area contributed by atoms with Crippen molar-refractivity contribution in [2.75, 3.05) is 0 Å². The SMILES string of the molecule is CC1(C)CCC1NCl. The van der Waals surface area contributed by atoms with E-state index in [1.165, 1.54) is 12.8 Å². The van der Waals surface area contributed by atoms with Crippen LogP contribution in [0, 0.1) is 5.41 Å². The van der Waals surface area contributed by atoms with Crippen molar-refractivity contribution >= 4 is 11.8 Å². The summed E-state index contributed by atoms with van der Waals surface area (Å²) in [6, 6.07) is 0.546. The maximum absolute atomic E-state index is 5.44. The lowest BCUT2D eigenvalue weighted by molar-refractivity contribution is 0.130. The fourth-order valence-corrected chi connectivity index (χ4v) is 1.47. The van der Waals surface area contributed by atoms with Crippen molar-refractivity contribution in [2.24, 2.45) is 5.41 Å². The molecular weight excluding hydrogens is 122 g/mol. The second kappa shape index (κ2) is 1.89. The Morgan fingerprint density at radius 3 is 2.25 bits per heavy atom. The maximum atomic E-state index is 5.44. The molecule has 1 rings (SSSR count). The van der Waals surface area contributed by atoms with E-state index in [9.17, 15) is 0 Å². The van der Waals surface area contributed by atoms with E-state index in [0.717, 1.165) is 0 Å². The minimum atomic E-state index is 0.446. The van der Waals surface area contributed by atoms with Crippen LogP contribution in [-0.2, 0) is 0 Å². The summed E-state index contributed by atoms with van der Waals surface area (Å²) in [6.07, 6.45) is 2.54. The Hall–Kier alpha value is 0.250. The highest BCUT2D eigenvalue weighted by molar-refractivity contribution is 6.13. The van der Waals surface area contributed by atoms with E-state index in [-0.39, 0.29) is 0 Å². The van der Waals surface area contributed by atoms with E-state index < -0.39 is 0 Å². The van der Waals surface area contributed by atoms with E-state index >= 15 is 0 Å². The van der Waals surface area contributed by atoms with E-state index in [0.29, 0.717) is 11.5 Å². The van der Waals surface area contributed by atoms with Crippen molar-refractivity contribution < 1.29 is 0 Å². The first-order valence-electron chi connectivity index (χ1n) is 3.03. The van der Waals surface area contributed by atoms with Crippen molar-refractivity contribution in [2.45, 2.75) is 32.7 Å². The average Bonchev–Trinajstić information content (AvgIpc) is 1.66. The van der Waals surface area contributed by atoms with Crippen LogP contribution < -0.4 is 4.84 Å². The molecule has 1 saturated carbocycles. The molecular formula is C6H12ClN. The number of halogens is 1. The Kier molecular flexibility index (Phi) is 1.50. The van der Waals surface area contributed by atoms with Gasteiger partial charge in [0, 0.05) is 6.04 Å². The van der Waals surface area contributed by atoms with Crippen LogP contribution in [0.3, 0.4) is 0 Å².